The standard InChI is InChI=1S/C16H17FN2/c1-11-4-2-5-12(8-11)13-9-14(10-13)18-16-7-3-6-15(17)19-16/h2-8,13-14H,9-10H2,1H3,(H,18,19). The number of halogens is 1. The van der Waals surface area contributed by atoms with Gasteiger partial charge in [0.25, 0.3) is 0 Å². The normalized spacial score (nSPS) is 21.8. The van der Waals surface area contributed by atoms with Crippen LogP contribution >= 0.6 is 0 Å². The highest BCUT2D eigenvalue weighted by Crippen LogP contribution is 2.38. The maximum Gasteiger partial charge on any atom is 0.214 e. The summed E-state index contributed by atoms with van der Waals surface area (Å²) in [5, 5.41) is 3.28. The second kappa shape index (κ2) is 5.00. The second-order valence-corrected chi connectivity index (χ2v) is 5.27. The highest BCUT2D eigenvalue weighted by molar-refractivity contribution is 5.37. The molecule has 2 nitrogen and oxygen atoms in total. The Morgan fingerprint density at radius 2 is 1.95 bits per heavy atom. The zero-order valence-corrected chi connectivity index (χ0v) is 10.9. The van der Waals surface area contributed by atoms with Crippen molar-refractivity contribution in [3.63, 3.8) is 0 Å². The summed E-state index contributed by atoms with van der Waals surface area (Å²) >= 11 is 0. The molecule has 2 aromatic rings. The molecule has 0 unspecified atom stereocenters. The van der Waals surface area contributed by atoms with Gasteiger partial charge in [0.05, 0.1) is 0 Å². The zero-order chi connectivity index (χ0) is 13.2. The van der Waals surface area contributed by atoms with E-state index < -0.39 is 5.95 Å². The summed E-state index contributed by atoms with van der Waals surface area (Å²) in [5.74, 6) is 0.818. The Labute approximate surface area is 112 Å². The summed E-state index contributed by atoms with van der Waals surface area (Å²) in [6.07, 6.45) is 2.17. The molecular weight excluding hydrogens is 239 g/mol. The number of nitrogens with zero attached hydrogens (tertiary/aromatic N) is 1. The van der Waals surface area contributed by atoms with Gasteiger partial charge in [0, 0.05) is 6.04 Å². The molecule has 1 heterocycles. The molecule has 0 saturated heterocycles. The summed E-state index contributed by atoms with van der Waals surface area (Å²) < 4.78 is 13.0. The van der Waals surface area contributed by atoms with Crippen LogP contribution in [0.3, 0.4) is 0 Å². The maximum absolute atomic E-state index is 13.0. The molecule has 19 heavy (non-hydrogen) atoms. The van der Waals surface area contributed by atoms with Crippen molar-refractivity contribution < 1.29 is 4.39 Å². The third-order valence-electron chi connectivity index (χ3n) is 3.72. The van der Waals surface area contributed by atoms with E-state index in [0.717, 1.165) is 12.8 Å². The van der Waals surface area contributed by atoms with Crippen LogP contribution < -0.4 is 5.32 Å². The van der Waals surface area contributed by atoms with Crippen molar-refractivity contribution in [3.8, 4) is 0 Å². The molecule has 1 aliphatic carbocycles. The number of hydrogen-bond donors (Lipinski definition) is 1. The van der Waals surface area contributed by atoms with Crippen molar-refractivity contribution >= 4 is 5.82 Å². The molecule has 0 atom stereocenters. The average molecular weight is 256 g/mol. The van der Waals surface area contributed by atoms with Crippen LogP contribution in [0.15, 0.2) is 42.5 Å². The number of anilines is 1. The predicted molar refractivity (Wildman–Crippen MR) is 74.8 cm³/mol. The summed E-state index contributed by atoms with van der Waals surface area (Å²) in [7, 11) is 0. The van der Waals surface area contributed by atoms with Crippen molar-refractivity contribution in [2.75, 3.05) is 5.32 Å². The second-order valence-electron chi connectivity index (χ2n) is 5.27. The van der Waals surface area contributed by atoms with Gasteiger partial charge in [-0.15, -0.1) is 0 Å². The molecule has 0 aliphatic heterocycles. The molecule has 1 N–H and O–H groups in total. The molecule has 1 aromatic heterocycles. The minimum atomic E-state index is -0.431. The lowest BCUT2D eigenvalue weighted by atomic mass is 9.75. The summed E-state index contributed by atoms with van der Waals surface area (Å²) in [6.45, 7) is 2.12. The lowest BCUT2D eigenvalue weighted by molar-refractivity contribution is 0.373. The number of benzene rings is 1. The van der Waals surface area contributed by atoms with Crippen LogP contribution in [0.1, 0.15) is 29.9 Å². The molecular formula is C16H17FN2. The number of aromatic nitrogens is 1. The van der Waals surface area contributed by atoms with E-state index in [0.29, 0.717) is 17.8 Å². The molecule has 1 fully saturated rings. The Kier molecular flexibility index (Phi) is 3.20. The largest absolute Gasteiger partial charge is 0.367 e. The van der Waals surface area contributed by atoms with Crippen LogP contribution in [0.4, 0.5) is 10.2 Å². The van der Waals surface area contributed by atoms with Crippen LogP contribution in [0.2, 0.25) is 0 Å². The monoisotopic (exact) mass is 256 g/mol. The van der Waals surface area contributed by atoms with Crippen molar-refractivity contribution in [1.29, 1.82) is 0 Å². The highest BCUT2D eigenvalue weighted by atomic mass is 19.1. The van der Waals surface area contributed by atoms with Gasteiger partial charge in [-0.3, -0.25) is 0 Å². The summed E-state index contributed by atoms with van der Waals surface area (Å²) in [4.78, 5) is 3.83. The van der Waals surface area contributed by atoms with Crippen LogP contribution in [0.5, 0.6) is 0 Å². The van der Waals surface area contributed by atoms with Gasteiger partial charge >= 0.3 is 0 Å². The van der Waals surface area contributed by atoms with Gasteiger partial charge in [0.15, 0.2) is 0 Å². The molecule has 1 aromatic carbocycles. The van der Waals surface area contributed by atoms with E-state index in [-0.39, 0.29) is 0 Å². The quantitative estimate of drug-likeness (QED) is 0.843. The van der Waals surface area contributed by atoms with E-state index in [1.54, 1.807) is 6.07 Å². The predicted octanol–water partition coefficient (Wildman–Crippen LogP) is 3.89. The lowest BCUT2D eigenvalue weighted by Gasteiger charge is -2.36. The van der Waals surface area contributed by atoms with Crippen molar-refractivity contribution in [1.82, 2.24) is 4.98 Å². The minimum Gasteiger partial charge on any atom is -0.367 e. The van der Waals surface area contributed by atoms with Crippen molar-refractivity contribution in [3.05, 3.63) is 59.5 Å². The molecule has 1 saturated carbocycles. The first-order valence-corrected chi connectivity index (χ1v) is 6.66. The highest BCUT2D eigenvalue weighted by Gasteiger charge is 2.30. The first-order valence-electron chi connectivity index (χ1n) is 6.66. The molecule has 3 rings (SSSR count). The molecule has 0 amide bonds. The number of aryl methyl sites for hydroxylation is 1. The zero-order valence-electron chi connectivity index (χ0n) is 10.9. The van der Waals surface area contributed by atoms with Crippen LogP contribution in [0.25, 0.3) is 0 Å². The van der Waals surface area contributed by atoms with Gasteiger partial charge in [-0.1, -0.05) is 35.9 Å². The number of hydrogen-bond acceptors (Lipinski definition) is 2. The molecule has 0 bridgehead atoms. The van der Waals surface area contributed by atoms with Gasteiger partial charge in [-0.05, 0) is 43.4 Å². The van der Waals surface area contributed by atoms with Gasteiger partial charge in [-0.25, -0.2) is 4.98 Å². The summed E-state index contributed by atoms with van der Waals surface area (Å²) in [6, 6.07) is 13.9. The van der Waals surface area contributed by atoms with Gasteiger partial charge in [0.2, 0.25) is 5.95 Å². The fraction of sp³-hybridized carbons (Fsp3) is 0.312. The Bertz CT molecular complexity index is 576. The van der Waals surface area contributed by atoms with Crippen LogP contribution in [0, 0.1) is 12.9 Å². The Morgan fingerprint density at radius 3 is 2.68 bits per heavy atom. The maximum atomic E-state index is 13.0. The van der Waals surface area contributed by atoms with E-state index in [2.05, 4.69) is 41.5 Å². The van der Waals surface area contributed by atoms with E-state index in [1.807, 2.05) is 6.07 Å². The van der Waals surface area contributed by atoms with Crippen molar-refractivity contribution in [2.45, 2.75) is 31.7 Å². The minimum absolute atomic E-state index is 0.403. The third-order valence-corrected chi connectivity index (χ3v) is 3.72. The topological polar surface area (TPSA) is 24.9 Å². The first kappa shape index (κ1) is 12.2. The Hall–Kier alpha value is -1.90. The smallest absolute Gasteiger partial charge is 0.214 e. The average Bonchev–Trinajstić information content (AvgIpc) is 2.33. The van der Waals surface area contributed by atoms with Gasteiger partial charge < -0.3 is 5.32 Å². The molecule has 3 heteroatoms. The Morgan fingerprint density at radius 1 is 1.16 bits per heavy atom. The number of rotatable bonds is 3. The van der Waals surface area contributed by atoms with E-state index >= 15 is 0 Å². The van der Waals surface area contributed by atoms with Crippen molar-refractivity contribution in [2.24, 2.45) is 0 Å². The summed E-state index contributed by atoms with van der Waals surface area (Å²) in [5.41, 5.74) is 2.71. The molecule has 1 aliphatic rings. The van der Waals surface area contributed by atoms with E-state index in [4.69, 9.17) is 0 Å². The lowest BCUT2D eigenvalue weighted by Crippen LogP contribution is -2.34. The van der Waals surface area contributed by atoms with Gasteiger partial charge in [-0.2, -0.15) is 4.39 Å². The first-order chi connectivity index (χ1) is 9.20. The molecule has 0 spiro atoms. The Balaban J connectivity index is 1.58. The molecule has 0 radical (unpaired) electrons. The van der Waals surface area contributed by atoms with E-state index in [9.17, 15) is 4.39 Å². The third kappa shape index (κ3) is 2.75. The van der Waals surface area contributed by atoms with E-state index in [1.165, 1.54) is 17.2 Å². The molecule has 98 valence electrons. The SMILES string of the molecule is Cc1cccc(C2CC(Nc3cccc(F)n3)C2)c1. The number of pyridine rings is 1. The van der Waals surface area contributed by atoms with Crippen LogP contribution in [-0.4, -0.2) is 11.0 Å². The number of nitrogens with one attached hydrogen (secondary N) is 1. The van der Waals surface area contributed by atoms with Crippen LogP contribution in [-0.2, 0) is 0 Å². The fourth-order valence-corrected chi connectivity index (χ4v) is 2.63. The van der Waals surface area contributed by atoms with Gasteiger partial charge in [0.1, 0.15) is 5.82 Å². The fourth-order valence-electron chi connectivity index (χ4n) is 2.63.